The van der Waals surface area contributed by atoms with Crippen molar-refractivity contribution < 1.29 is 23.8 Å². The molecule has 1 N–H and O–H groups in total. The lowest BCUT2D eigenvalue weighted by molar-refractivity contribution is 0.0531. The average Bonchev–Trinajstić information content (AvgIpc) is 2.94. The number of carbonyl (C=O) groups is 2. The van der Waals surface area contributed by atoms with Gasteiger partial charge in [-0.2, -0.15) is 0 Å². The van der Waals surface area contributed by atoms with Crippen molar-refractivity contribution in [1.29, 1.82) is 0 Å². The van der Waals surface area contributed by atoms with E-state index in [0.717, 1.165) is 11.3 Å². The van der Waals surface area contributed by atoms with Crippen molar-refractivity contribution in [3.05, 3.63) is 34.3 Å². The molecular formula is C16H18N2O5S. The van der Waals surface area contributed by atoms with E-state index in [1.165, 1.54) is 14.2 Å². The van der Waals surface area contributed by atoms with Crippen LogP contribution >= 0.6 is 11.3 Å². The molecule has 128 valence electrons. The molecule has 7 nitrogen and oxygen atoms in total. The number of thiazole rings is 1. The van der Waals surface area contributed by atoms with Crippen LogP contribution in [0.3, 0.4) is 0 Å². The van der Waals surface area contributed by atoms with Gasteiger partial charge in [-0.1, -0.05) is 17.4 Å². The summed E-state index contributed by atoms with van der Waals surface area (Å²) in [6, 6.07) is 5.00. The molecule has 0 bridgehead atoms. The highest BCUT2D eigenvalue weighted by atomic mass is 32.1. The Labute approximate surface area is 143 Å². The normalized spacial score (nSPS) is 10.2. The van der Waals surface area contributed by atoms with Crippen LogP contribution in [0.15, 0.2) is 18.2 Å². The van der Waals surface area contributed by atoms with Gasteiger partial charge in [-0.15, -0.1) is 0 Å². The molecule has 0 spiro atoms. The second kappa shape index (κ2) is 7.78. The summed E-state index contributed by atoms with van der Waals surface area (Å²) < 4.78 is 15.4. The van der Waals surface area contributed by atoms with Gasteiger partial charge in [0.1, 0.15) is 4.88 Å². The Morgan fingerprint density at radius 2 is 2.00 bits per heavy atom. The molecule has 24 heavy (non-hydrogen) atoms. The molecule has 0 unspecified atom stereocenters. The maximum Gasteiger partial charge on any atom is 0.350 e. The summed E-state index contributed by atoms with van der Waals surface area (Å²) in [5.41, 5.74) is 0.814. The van der Waals surface area contributed by atoms with Crippen LogP contribution in [0, 0.1) is 6.92 Å². The largest absolute Gasteiger partial charge is 0.493 e. The molecule has 0 fully saturated rings. The number of esters is 1. The summed E-state index contributed by atoms with van der Waals surface area (Å²) in [6.07, 6.45) is 0. The zero-order valence-electron chi connectivity index (χ0n) is 13.8. The number of amides is 1. The first-order valence-electron chi connectivity index (χ1n) is 7.18. The quantitative estimate of drug-likeness (QED) is 0.806. The molecule has 8 heteroatoms. The van der Waals surface area contributed by atoms with Gasteiger partial charge >= 0.3 is 5.97 Å². The Balaban J connectivity index is 2.25. The minimum absolute atomic E-state index is 0.277. The van der Waals surface area contributed by atoms with E-state index in [0.29, 0.717) is 32.8 Å². The van der Waals surface area contributed by atoms with E-state index in [2.05, 4.69) is 10.3 Å². The number of para-hydroxylation sites is 1. The van der Waals surface area contributed by atoms with Gasteiger partial charge in [0, 0.05) is 0 Å². The van der Waals surface area contributed by atoms with Gasteiger partial charge in [-0.05, 0) is 26.0 Å². The van der Waals surface area contributed by atoms with E-state index in [4.69, 9.17) is 14.2 Å². The molecule has 0 atom stereocenters. The SMILES string of the molecule is CCOC(=O)c1sc(NC(=O)c2cccc(OC)c2OC)nc1C. The standard InChI is InChI=1S/C16H18N2O5S/c1-5-23-15(20)13-9(2)17-16(24-13)18-14(19)10-7-6-8-11(21-3)12(10)22-4/h6-8H,5H2,1-4H3,(H,17,18,19). The Morgan fingerprint density at radius 3 is 2.62 bits per heavy atom. The van der Waals surface area contributed by atoms with Crippen molar-refractivity contribution in [2.75, 3.05) is 26.1 Å². The fraction of sp³-hybridized carbons (Fsp3) is 0.312. The molecule has 2 rings (SSSR count). The van der Waals surface area contributed by atoms with Crippen LogP contribution in [-0.2, 0) is 4.74 Å². The minimum Gasteiger partial charge on any atom is -0.493 e. The van der Waals surface area contributed by atoms with Crippen LogP contribution in [0.2, 0.25) is 0 Å². The highest BCUT2D eigenvalue weighted by Gasteiger charge is 2.20. The Kier molecular flexibility index (Phi) is 5.75. The van der Waals surface area contributed by atoms with Crippen molar-refractivity contribution in [3.63, 3.8) is 0 Å². The Hall–Kier alpha value is -2.61. The molecule has 0 aliphatic heterocycles. The van der Waals surface area contributed by atoms with Crippen LogP contribution < -0.4 is 14.8 Å². The molecular weight excluding hydrogens is 332 g/mol. The predicted octanol–water partition coefficient (Wildman–Crippen LogP) is 2.90. The third-order valence-corrected chi connectivity index (χ3v) is 4.18. The maximum absolute atomic E-state index is 12.5. The van der Waals surface area contributed by atoms with Crippen molar-refractivity contribution in [1.82, 2.24) is 4.98 Å². The van der Waals surface area contributed by atoms with Crippen molar-refractivity contribution in [3.8, 4) is 11.5 Å². The fourth-order valence-corrected chi connectivity index (χ4v) is 2.92. The number of nitrogens with zero attached hydrogens (tertiary/aromatic N) is 1. The molecule has 0 saturated carbocycles. The third kappa shape index (κ3) is 3.65. The van der Waals surface area contributed by atoms with E-state index in [9.17, 15) is 9.59 Å². The number of benzene rings is 1. The number of ether oxygens (including phenoxy) is 3. The first kappa shape index (κ1) is 17.7. The predicted molar refractivity (Wildman–Crippen MR) is 90.3 cm³/mol. The third-order valence-electron chi connectivity index (χ3n) is 3.13. The summed E-state index contributed by atoms with van der Waals surface area (Å²) >= 11 is 1.06. The van der Waals surface area contributed by atoms with Crippen LogP contribution in [-0.4, -0.2) is 37.7 Å². The average molecular weight is 350 g/mol. The number of aromatic nitrogens is 1. The van der Waals surface area contributed by atoms with E-state index in [-0.39, 0.29) is 6.61 Å². The fourth-order valence-electron chi connectivity index (χ4n) is 2.07. The van der Waals surface area contributed by atoms with Crippen LogP contribution in [0.5, 0.6) is 11.5 Å². The second-order valence-corrected chi connectivity index (χ2v) is 5.65. The van der Waals surface area contributed by atoms with Gasteiger partial charge in [0.25, 0.3) is 5.91 Å². The molecule has 0 radical (unpaired) electrons. The first-order chi connectivity index (χ1) is 11.5. The van der Waals surface area contributed by atoms with Crippen LogP contribution in [0.1, 0.15) is 32.6 Å². The van der Waals surface area contributed by atoms with Gasteiger partial charge in [-0.25, -0.2) is 9.78 Å². The van der Waals surface area contributed by atoms with E-state index >= 15 is 0 Å². The number of aryl methyl sites for hydroxylation is 1. The summed E-state index contributed by atoms with van der Waals surface area (Å²) in [5.74, 6) is -0.0778. The van der Waals surface area contributed by atoms with Gasteiger partial charge in [0.2, 0.25) is 0 Å². The molecule has 2 aromatic rings. The molecule has 1 aromatic carbocycles. The maximum atomic E-state index is 12.5. The molecule has 0 saturated heterocycles. The lowest BCUT2D eigenvalue weighted by Gasteiger charge is -2.11. The lowest BCUT2D eigenvalue weighted by Crippen LogP contribution is -2.13. The van der Waals surface area contributed by atoms with Crippen molar-refractivity contribution >= 4 is 28.3 Å². The summed E-state index contributed by atoms with van der Waals surface area (Å²) in [6.45, 7) is 3.69. The molecule has 1 aromatic heterocycles. The van der Waals surface area contributed by atoms with E-state index in [1.54, 1.807) is 32.0 Å². The van der Waals surface area contributed by atoms with Gasteiger partial charge in [0.05, 0.1) is 32.1 Å². The van der Waals surface area contributed by atoms with Gasteiger partial charge in [-0.3, -0.25) is 10.1 Å². The zero-order valence-corrected chi connectivity index (χ0v) is 14.7. The number of anilines is 1. The highest BCUT2D eigenvalue weighted by molar-refractivity contribution is 7.17. The Bertz CT molecular complexity index is 757. The number of hydrogen-bond donors (Lipinski definition) is 1. The van der Waals surface area contributed by atoms with Crippen molar-refractivity contribution in [2.45, 2.75) is 13.8 Å². The van der Waals surface area contributed by atoms with Crippen LogP contribution in [0.25, 0.3) is 0 Å². The summed E-state index contributed by atoms with van der Waals surface area (Å²) in [5, 5.41) is 2.98. The topological polar surface area (TPSA) is 86.8 Å². The lowest BCUT2D eigenvalue weighted by atomic mass is 10.1. The molecule has 1 heterocycles. The Morgan fingerprint density at radius 1 is 1.25 bits per heavy atom. The molecule has 1 amide bonds. The van der Waals surface area contributed by atoms with E-state index in [1.807, 2.05) is 0 Å². The monoisotopic (exact) mass is 350 g/mol. The highest BCUT2D eigenvalue weighted by Crippen LogP contribution is 2.32. The number of hydrogen-bond acceptors (Lipinski definition) is 7. The van der Waals surface area contributed by atoms with Crippen molar-refractivity contribution in [2.24, 2.45) is 0 Å². The van der Waals surface area contributed by atoms with E-state index < -0.39 is 11.9 Å². The number of methoxy groups -OCH3 is 2. The molecule has 0 aliphatic rings. The van der Waals surface area contributed by atoms with Crippen LogP contribution in [0.4, 0.5) is 5.13 Å². The summed E-state index contributed by atoms with van der Waals surface area (Å²) in [4.78, 5) is 28.9. The zero-order chi connectivity index (χ0) is 17.7. The number of rotatable bonds is 6. The minimum atomic E-state index is -0.452. The first-order valence-corrected chi connectivity index (χ1v) is 8.00. The smallest absolute Gasteiger partial charge is 0.350 e. The summed E-state index contributed by atoms with van der Waals surface area (Å²) in [7, 11) is 2.95. The van der Waals surface area contributed by atoms with Gasteiger partial charge in [0.15, 0.2) is 16.6 Å². The molecule has 0 aliphatic carbocycles. The number of nitrogens with one attached hydrogen (secondary N) is 1. The second-order valence-electron chi connectivity index (χ2n) is 4.65. The van der Waals surface area contributed by atoms with Gasteiger partial charge < -0.3 is 14.2 Å². The number of carbonyl (C=O) groups excluding carboxylic acids is 2.